The van der Waals surface area contributed by atoms with Crippen molar-refractivity contribution in [3.05, 3.63) is 34.9 Å². The summed E-state index contributed by atoms with van der Waals surface area (Å²) in [6.45, 7) is 2.15. The first-order valence-corrected chi connectivity index (χ1v) is 8.68. The molecular weight excluding hydrogens is 290 g/mol. The highest BCUT2D eigenvalue weighted by atomic mass is 16.5. The van der Waals surface area contributed by atoms with E-state index in [1.165, 1.54) is 17.5 Å². The van der Waals surface area contributed by atoms with Crippen molar-refractivity contribution in [2.24, 2.45) is 5.41 Å². The number of methoxy groups -OCH3 is 1. The average molecular weight is 317 g/mol. The molecule has 0 aromatic heterocycles. The van der Waals surface area contributed by atoms with E-state index >= 15 is 0 Å². The van der Waals surface area contributed by atoms with Crippen LogP contribution in [0.3, 0.4) is 0 Å². The van der Waals surface area contributed by atoms with Gasteiger partial charge in [-0.25, -0.2) is 0 Å². The molecule has 1 aliphatic carbocycles. The SMILES string of the molecule is COCC[C@@]1(CO)CCCN(C(=O)c2ccc3c(c2)CCC3)C1. The first kappa shape index (κ1) is 16.5. The minimum Gasteiger partial charge on any atom is -0.396 e. The van der Waals surface area contributed by atoms with E-state index in [-0.39, 0.29) is 17.9 Å². The number of rotatable bonds is 5. The number of nitrogens with zero attached hydrogens (tertiary/aromatic N) is 1. The molecule has 1 aromatic carbocycles. The predicted octanol–water partition coefficient (Wildman–Crippen LogP) is 2.43. The van der Waals surface area contributed by atoms with Gasteiger partial charge in [-0.15, -0.1) is 0 Å². The summed E-state index contributed by atoms with van der Waals surface area (Å²) < 4.78 is 5.19. The van der Waals surface area contributed by atoms with E-state index in [1.807, 2.05) is 11.0 Å². The Kier molecular flexibility index (Phi) is 5.02. The third-order valence-electron chi connectivity index (χ3n) is 5.47. The minimum absolute atomic E-state index is 0.106. The zero-order valence-corrected chi connectivity index (χ0v) is 14.0. The van der Waals surface area contributed by atoms with Gasteiger partial charge in [0.1, 0.15) is 0 Å². The van der Waals surface area contributed by atoms with E-state index in [4.69, 9.17) is 4.74 Å². The van der Waals surface area contributed by atoms with Gasteiger partial charge >= 0.3 is 0 Å². The summed E-state index contributed by atoms with van der Waals surface area (Å²) in [5, 5.41) is 9.87. The maximum Gasteiger partial charge on any atom is 0.253 e. The number of amides is 1. The molecule has 4 heteroatoms. The number of aryl methyl sites for hydroxylation is 2. The van der Waals surface area contributed by atoms with Gasteiger partial charge in [-0.2, -0.15) is 0 Å². The molecule has 3 rings (SSSR count). The molecule has 1 atom stereocenters. The molecule has 4 nitrogen and oxygen atoms in total. The van der Waals surface area contributed by atoms with Gasteiger partial charge in [-0.05, 0) is 61.8 Å². The fourth-order valence-electron chi connectivity index (χ4n) is 4.00. The molecule has 126 valence electrons. The Labute approximate surface area is 138 Å². The molecule has 1 aliphatic heterocycles. The Morgan fingerprint density at radius 1 is 1.30 bits per heavy atom. The number of benzene rings is 1. The molecule has 0 saturated carbocycles. The first-order valence-electron chi connectivity index (χ1n) is 8.68. The summed E-state index contributed by atoms with van der Waals surface area (Å²) in [5.41, 5.74) is 3.32. The Bertz CT molecular complexity index is 572. The Morgan fingerprint density at radius 2 is 2.13 bits per heavy atom. The van der Waals surface area contributed by atoms with Gasteiger partial charge in [-0.3, -0.25) is 4.79 Å². The van der Waals surface area contributed by atoms with Gasteiger partial charge in [0.05, 0.1) is 6.61 Å². The van der Waals surface area contributed by atoms with E-state index in [2.05, 4.69) is 12.1 Å². The number of carbonyl (C=O) groups is 1. The lowest BCUT2D eigenvalue weighted by molar-refractivity contribution is 0.00898. The summed E-state index contributed by atoms with van der Waals surface area (Å²) in [6.07, 6.45) is 6.13. The third-order valence-corrected chi connectivity index (χ3v) is 5.47. The van der Waals surface area contributed by atoms with E-state index in [0.717, 1.165) is 44.2 Å². The van der Waals surface area contributed by atoms with Crippen molar-refractivity contribution in [1.29, 1.82) is 0 Å². The minimum atomic E-state index is -0.208. The molecule has 23 heavy (non-hydrogen) atoms. The lowest BCUT2D eigenvalue weighted by atomic mass is 9.78. The van der Waals surface area contributed by atoms with Crippen LogP contribution in [0.15, 0.2) is 18.2 Å². The number of piperidine rings is 1. The second-order valence-electron chi connectivity index (χ2n) is 7.07. The molecular formula is C19H27NO3. The number of carbonyl (C=O) groups excluding carboxylic acids is 1. The summed E-state index contributed by atoms with van der Waals surface area (Å²) in [7, 11) is 1.68. The summed E-state index contributed by atoms with van der Waals surface area (Å²) >= 11 is 0. The van der Waals surface area contributed by atoms with Crippen molar-refractivity contribution in [3.63, 3.8) is 0 Å². The molecule has 1 saturated heterocycles. The first-order chi connectivity index (χ1) is 11.2. The number of hydrogen-bond acceptors (Lipinski definition) is 3. The van der Waals surface area contributed by atoms with Gasteiger partial charge in [-0.1, -0.05) is 6.07 Å². The Balaban J connectivity index is 1.74. The topological polar surface area (TPSA) is 49.8 Å². The molecule has 0 unspecified atom stereocenters. The second kappa shape index (κ2) is 7.02. The molecule has 0 spiro atoms. The predicted molar refractivity (Wildman–Crippen MR) is 89.6 cm³/mol. The van der Waals surface area contributed by atoms with Crippen LogP contribution in [0.2, 0.25) is 0 Å². The van der Waals surface area contributed by atoms with Crippen LogP contribution in [0, 0.1) is 5.41 Å². The zero-order chi connectivity index (χ0) is 16.3. The maximum absolute atomic E-state index is 12.9. The van der Waals surface area contributed by atoms with E-state index in [0.29, 0.717) is 13.2 Å². The highest BCUT2D eigenvalue weighted by Gasteiger charge is 2.36. The van der Waals surface area contributed by atoms with Gasteiger partial charge < -0.3 is 14.7 Å². The largest absolute Gasteiger partial charge is 0.396 e. The van der Waals surface area contributed by atoms with Crippen LogP contribution >= 0.6 is 0 Å². The quantitative estimate of drug-likeness (QED) is 0.907. The number of fused-ring (bicyclic) bond motifs is 1. The summed E-state index contributed by atoms with van der Waals surface area (Å²) in [4.78, 5) is 14.8. The van der Waals surface area contributed by atoms with Crippen LogP contribution in [-0.4, -0.2) is 49.3 Å². The molecule has 1 amide bonds. The van der Waals surface area contributed by atoms with Crippen molar-refractivity contribution in [2.45, 2.75) is 38.5 Å². The molecule has 1 fully saturated rings. The average Bonchev–Trinajstić information content (AvgIpc) is 3.07. The number of likely N-dealkylation sites (tertiary alicyclic amines) is 1. The lowest BCUT2D eigenvalue weighted by Crippen LogP contribution is -2.48. The van der Waals surface area contributed by atoms with E-state index in [1.54, 1.807) is 7.11 Å². The molecule has 0 radical (unpaired) electrons. The van der Waals surface area contributed by atoms with Gasteiger partial charge in [0.25, 0.3) is 5.91 Å². The molecule has 1 heterocycles. The van der Waals surface area contributed by atoms with Crippen LogP contribution < -0.4 is 0 Å². The summed E-state index contributed by atoms with van der Waals surface area (Å²) in [5.74, 6) is 0.106. The van der Waals surface area contributed by atoms with Crippen LogP contribution in [0.5, 0.6) is 0 Å². The second-order valence-corrected chi connectivity index (χ2v) is 7.07. The number of aliphatic hydroxyl groups is 1. The molecule has 1 aromatic rings. The number of ether oxygens (including phenoxy) is 1. The maximum atomic E-state index is 12.9. The normalized spacial score (nSPS) is 23.8. The fourth-order valence-corrected chi connectivity index (χ4v) is 4.00. The van der Waals surface area contributed by atoms with Gasteiger partial charge in [0.15, 0.2) is 0 Å². The van der Waals surface area contributed by atoms with E-state index < -0.39 is 0 Å². The Hall–Kier alpha value is -1.39. The Morgan fingerprint density at radius 3 is 2.91 bits per heavy atom. The van der Waals surface area contributed by atoms with Crippen LogP contribution in [-0.2, 0) is 17.6 Å². The third kappa shape index (κ3) is 3.43. The van der Waals surface area contributed by atoms with Crippen molar-refractivity contribution in [1.82, 2.24) is 4.90 Å². The highest BCUT2D eigenvalue weighted by molar-refractivity contribution is 5.94. The molecule has 2 aliphatic rings. The smallest absolute Gasteiger partial charge is 0.253 e. The van der Waals surface area contributed by atoms with Gasteiger partial charge in [0, 0.05) is 37.8 Å². The van der Waals surface area contributed by atoms with Crippen LogP contribution in [0.25, 0.3) is 0 Å². The fraction of sp³-hybridized carbons (Fsp3) is 0.632. The van der Waals surface area contributed by atoms with Crippen LogP contribution in [0.4, 0.5) is 0 Å². The van der Waals surface area contributed by atoms with Crippen molar-refractivity contribution < 1.29 is 14.6 Å². The lowest BCUT2D eigenvalue weighted by Gasteiger charge is -2.42. The summed E-state index contributed by atoms with van der Waals surface area (Å²) in [6, 6.07) is 6.16. The van der Waals surface area contributed by atoms with Crippen molar-refractivity contribution in [3.8, 4) is 0 Å². The van der Waals surface area contributed by atoms with Crippen LogP contribution in [0.1, 0.15) is 47.2 Å². The zero-order valence-electron chi connectivity index (χ0n) is 14.0. The monoisotopic (exact) mass is 317 g/mol. The number of aliphatic hydroxyl groups excluding tert-OH is 1. The molecule has 1 N–H and O–H groups in total. The van der Waals surface area contributed by atoms with Gasteiger partial charge in [0.2, 0.25) is 0 Å². The number of hydrogen-bond donors (Lipinski definition) is 1. The highest BCUT2D eigenvalue weighted by Crippen LogP contribution is 2.34. The van der Waals surface area contributed by atoms with Crippen molar-refractivity contribution >= 4 is 5.91 Å². The van der Waals surface area contributed by atoms with Crippen molar-refractivity contribution in [2.75, 3.05) is 33.4 Å². The molecule has 0 bridgehead atoms. The van der Waals surface area contributed by atoms with E-state index in [9.17, 15) is 9.90 Å². The standard InChI is InChI=1S/C19H27NO3/c1-23-11-9-19(14-21)8-3-10-20(13-19)18(22)17-7-6-15-4-2-5-16(15)12-17/h6-7,12,21H,2-5,8-11,13-14H2,1H3/t19-/m0/s1.